The van der Waals surface area contributed by atoms with Crippen molar-refractivity contribution in [2.45, 2.75) is 20.4 Å². The van der Waals surface area contributed by atoms with Crippen LogP contribution in [0.2, 0.25) is 0 Å². The quantitative estimate of drug-likeness (QED) is 0.814. The Morgan fingerprint density at radius 2 is 2.17 bits per heavy atom. The summed E-state index contributed by atoms with van der Waals surface area (Å²) in [5.41, 5.74) is 0.476. The van der Waals surface area contributed by atoms with Gasteiger partial charge in [-0.05, 0) is 41.9 Å². The molecule has 6 heteroatoms. The van der Waals surface area contributed by atoms with E-state index >= 15 is 0 Å². The van der Waals surface area contributed by atoms with E-state index in [1.165, 1.54) is 22.0 Å². The second-order valence-corrected chi connectivity index (χ2v) is 6.36. The van der Waals surface area contributed by atoms with Crippen molar-refractivity contribution in [3.05, 3.63) is 48.7 Å². The largest absolute Gasteiger partial charge is 0.291 e. The van der Waals surface area contributed by atoms with Crippen LogP contribution in [0.25, 0.3) is 0 Å². The Bertz CT molecular complexity index is 660. The number of aryl methyl sites for hydroxylation is 2. The predicted molar refractivity (Wildman–Crippen MR) is 74.3 cm³/mol. The summed E-state index contributed by atoms with van der Waals surface area (Å²) in [6.45, 7) is 3.52. The summed E-state index contributed by atoms with van der Waals surface area (Å²) in [6, 6.07) is 5.00. The number of hydrogen-bond acceptors (Lipinski definition) is 4. The lowest BCUT2D eigenvalue weighted by atomic mass is 10.3. The van der Waals surface area contributed by atoms with Crippen LogP contribution in [-0.4, -0.2) is 15.3 Å². The van der Waals surface area contributed by atoms with Gasteiger partial charge in [-0.2, -0.15) is 0 Å². The molecule has 0 aliphatic carbocycles. The second kappa shape index (κ2) is 5.16. The molecule has 2 aromatic heterocycles. The van der Waals surface area contributed by atoms with Crippen molar-refractivity contribution < 1.29 is 4.79 Å². The first-order valence-corrected chi connectivity index (χ1v) is 6.92. The van der Waals surface area contributed by atoms with E-state index in [2.05, 4.69) is 20.9 Å². The van der Waals surface area contributed by atoms with Crippen LogP contribution in [0.15, 0.2) is 26.8 Å². The fraction of sp³-hybridized carbons (Fsp3) is 0.250. The van der Waals surface area contributed by atoms with Crippen molar-refractivity contribution in [3.8, 4) is 0 Å². The fourth-order valence-corrected chi connectivity index (χ4v) is 2.96. The zero-order valence-electron chi connectivity index (χ0n) is 9.94. The van der Waals surface area contributed by atoms with Crippen molar-refractivity contribution in [3.63, 3.8) is 0 Å². The summed E-state index contributed by atoms with van der Waals surface area (Å²) in [5.74, 6) is 0.477. The van der Waals surface area contributed by atoms with Crippen molar-refractivity contribution >= 4 is 33.0 Å². The van der Waals surface area contributed by atoms with Crippen LogP contribution in [0.5, 0.6) is 0 Å². The number of ketones is 1. The summed E-state index contributed by atoms with van der Waals surface area (Å²) in [6.07, 6.45) is 0. The molecule has 0 spiro atoms. The Labute approximate surface area is 116 Å². The number of Topliss-reactive ketones (excluding diaryl/α,β-unsaturated/α-hetero) is 1. The number of halogens is 1. The highest BCUT2D eigenvalue weighted by atomic mass is 79.9. The zero-order chi connectivity index (χ0) is 13.3. The van der Waals surface area contributed by atoms with E-state index in [-0.39, 0.29) is 17.9 Å². The molecule has 94 valence electrons. The topological polar surface area (TPSA) is 52.0 Å². The van der Waals surface area contributed by atoms with E-state index < -0.39 is 0 Å². The van der Waals surface area contributed by atoms with Gasteiger partial charge in [0.15, 0.2) is 5.78 Å². The van der Waals surface area contributed by atoms with Crippen molar-refractivity contribution in [2.24, 2.45) is 0 Å². The lowest BCUT2D eigenvalue weighted by molar-refractivity contribution is 0.0973. The van der Waals surface area contributed by atoms with Crippen LogP contribution in [0.1, 0.15) is 21.2 Å². The Morgan fingerprint density at radius 3 is 2.72 bits per heavy atom. The van der Waals surface area contributed by atoms with E-state index in [0.29, 0.717) is 16.4 Å². The molecule has 0 aromatic carbocycles. The summed E-state index contributed by atoms with van der Waals surface area (Å²) >= 11 is 4.67. The van der Waals surface area contributed by atoms with Gasteiger partial charge in [-0.15, -0.1) is 11.3 Å². The lowest BCUT2D eigenvalue weighted by Gasteiger charge is -2.07. The molecule has 0 radical (unpaired) electrons. The number of rotatable bonds is 3. The Balaban J connectivity index is 2.30. The minimum Gasteiger partial charge on any atom is -0.291 e. The molecule has 0 saturated heterocycles. The zero-order valence-corrected chi connectivity index (χ0v) is 12.3. The highest BCUT2D eigenvalue weighted by molar-refractivity contribution is 9.11. The average Bonchev–Trinajstić information content (AvgIpc) is 2.70. The first kappa shape index (κ1) is 13.2. The second-order valence-electron chi connectivity index (χ2n) is 3.90. The molecule has 4 nitrogen and oxygen atoms in total. The van der Waals surface area contributed by atoms with Crippen LogP contribution in [0.3, 0.4) is 0 Å². The van der Waals surface area contributed by atoms with Crippen molar-refractivity contribution in [2.75, 3.05) is 0 Å². The molecule has 2 rings (SSSR count). The standard InChI is InChI=1S/C12H11BrN2O2S/c1-7-5-12(17)15(8(2)14-7)6-9(16)10-3-4-11(13)18-10/h3-5H,6H2,1-2H3. The molecule has 2 heterocycles. The van der Waals surface area contributed by atoms with Crippen LogP contribution in [-0.2, 0) is 6.54 Å². The molecule has 0 bridgehead atoms. The third kappa shape index (κ3) is 2.76. The SMILES string of the molecule is Cc1cc(=O)n(CC(=O)c2ccc(Br)s2)c(C)n1. The third-order valence-electron chi connectivity index (χ3n) is 2.48. The number of carbonyl (C=O) groups excluding carboxylic acids is 1. The van der Waals surface area contributed by atoms with E-state index in [4.69, 9.17) is 0 Å². The molecule has 0 saturated carbocycles. The minimum atomic E-state index is -0.191. The molecular weight excluding hydrogens is 316 g/mol. The third-order valence-corrected chi connectivity index (χ3v) is 4.14. The molecule has 0 N–H and O–H groups in total. The first-order valence-electron chi connectivity index (χ1n) is 5.31. The maximum atomic E-state index is 12.0. The number of nitrogens with zero attached hydrogens (tertiary/aromatic N) is 2. The molecule has 2 aromatic rings. The van der Waals surface area contributed by atoms with Gasteiger partial charge in [-0.1, -0.05) is 0 Å². The van der Waals surface area contributed by atoms with Crippen LogP contribution >= 0.6 is 27.3 Å². The monoisotopic (exact) mass is 326 g/mol. The van der Waals surface area contributed by atoms with Crippen molar-refractivity contribution in [1.82, 2.24) is 9.55 Å². The van der Waals surface area contributed by atoms with Gasteiger partial charge in [0.1, 0.15) is 5.82 Å². The van der Waals surface area contributed by atoms with Crippen LogP contribution in [0, 0.1) is 13.8 Å². The van der Waals surface area contributed by atoms with Gasteiger partial charge in [-0.25, -0.2) is 4.98 Å². The molecule has 0 aliphatic heterocycles. The minimum absolute atomic E-state index is 0.0326. The summed E-state index contributed by atoms with van der Waals surface area (Å²) in [5, 5.41) is 0. The first-order chi connectivity index (χ1) is 8.47. The van der Waals surface area contributed by atoms with Crippen LogP contribution in [0.4, 0.5) is 0 Å². The maximum absolute atomic E-state index is 12.0. The van der Waals surface area contributed by atoms with E-state index in [0.717, 1.165) is 3.79 Å². The Hall–Kier alpha value is -1.27. The van der Waals surface area contributed by atoms with E-state index in [9.17, 15) is 9.59 Å². The van der Waals surface area contributed by atoms with E-state index in [1.807, 2.05) is 6.07 Å². The summed E-state index contributed by atoms with van der Waals surface area (Å²) < 4.78 is 2.29. The molecule has 0 unspecified atom stereocenters. The van der Waals surface area contributed by atoms with Gasteiger partial charge >= 0.3 is 0 Å². The molecule has 0 aliphatic rings. The lowest BCUT2D eigenvalue weighted by Crippen LogP contribution is -2.26. The highest BCUT2D eigenvalue weighted by Crippen LogP contribution is 2.22. The van der Waals surface area contributed by atoms with Gasteiger partial charge in [-0.3, -0.25) is 14.2 Å². The van der Waals surface area contributed by atoms with Gasteiger partial charge in [0.05, 0.1) is 15.2 Å². The Kier molecular flexibility index (Phi) is 3.77. The van der Waals surface area contributed by atoms with Gasteiger partial charge in [0.2, 0.25) is 0 Å². The maximum Gasteiger partial charge on any atom is 0.254 e. The molecule has 0 amide bonds. The summed E-state index contributed by atoms with van der Waals surface area (Å²) in [4.78, 5) is 28.6. The normalized spacial score (nSPS) is 10.6. The number of aromatic nitrogens is 2. The highest BCUT2D eigenvalue weighted by Gasteiger charge is 2.12. The fourth-order valence-electron chi connectivity index (χ4n) is 1.64. The average molecular weight is 327 g/mol. The van der Waals surface area contributed by atoms with Gasteiger partial charge < -0.3 is 0 Å². The number of thiophene rings is 1. The predicted octanol–water partition coefficient (Wildman–Crippen LogP) is 2.57. The van der Waals surface area contributed by atoms with Crippen molar-refractivity contribution in [1.29, 1.82) is 0 Å². The van der Waals surface area contributed by atoms with Gasteiger partial charge in [0.25, 0.3) is 5.56 Å². The number of carbonyl (C=O) groups is 1. The van der Waals surface area contributed by atoms with Crippen LogP contribution < -0.4 is 5.56 Å². The number of hydrogen-bond donors (Lipinski definition) is 0. The smallest absolute Gasteiger partial charge is 0.254 e. The molecule has 0 atom stereocenters. The molecule has 0 fully saturated rings. The van der Waals surface area contributed by atoms with E-state index in [1.54, 1.807) is 19.9 Å². The summed E-state index contributed by atoms with van der Waals surface area (Å²) in [7, 11) is 0. The Morgan fingerprint density at radius 1 is 1.44 bits per heavy atom. The molecule has 18 heavy (non-hydrogen) atoms. The van der Waals surface area contributed by atoms with Gasteiger partial charge in [0, 0.05) is 11.8 Å². The molecular formula is C12H11BrN2O2S.